The van der Waals surface area contributed by atoms with Crippen molar-refractivity contribution in [3.63, 3.8) is 0 Å². The Balaban J connectivity index is 4.27. The van der Waals surface area contributed by atoms with Gasteiger partial charge in [0, 0.05) is 30.8 Å². The van der Waals surface area contributed by atoms with Crippen LogP contribution in [0.2, 0.25) is 0 Å². The highest BCUT2D eigenvalue weighted by atomic mass is 16.7. The molecule has 0 spiro atoms. The topological polar surface area (TPSA) is 71.1 Å². The molecule has 0 aromatic carbocycles. The molecule has 0 aromatic heterocycles. The van der Waals surface area contributed by atoms with Crippen molar-refractivity contribution in [1.29, 1.82) is 0 Å². The molecule has 0 aromatic rings. The Kier molecular flexibility index (Phi) is 9.32. The molecule has 0 N–H and O–H groups in total. The molecule has 0 fully saturated rings. The number of hydrogen-bond donors (Lipinski definition) is 0. The lowest BCUT2D eigenvalue weighted by Crippen LogP contribution is -2.21. The summed E-state index contributed by atoms with van der Waals surface area (Å²) in [6.45, 7) is 14.8. The van der Waals surface area contributed by atoms with E-state index in [0.717, 1.165) is 0 Å². The third-order valence-corrected chi connectivity index (χ3v) is 2.35. The van der Waals surface area contributed by atoms with Gasteiger partial charge in [-0.2, -0.15) is 0 Å². The first-order valence-corrected chi connectivity index (χ1v) is 6.82. The summed E-state index contributed by atoms with van der Waals surface area (Å²) >= 11 is 0. The van der Waals surface area contributed by atoms with Gasteiger partial charge in [-0.3, -0.25) is 0 Å². The van der Waals surface area contributed by atoms with Crippen LogP contribution in [-0.2, 0) is 28.5 Å². The predicted molar refractivity (Wildman–Crippen MR) is 77.3 cm³/mol. The van der Waals surface area contributed by atoms with Gasteiger partial charge in [-0.15, -0.1) is 0 Å². The third kappa shape index (κ3) is 8.27. The van der Waals surface area contributed by atoms with Crippen LogP contribution in [0, 0.1) is 0 Å². The van der Waals surface area contributed by atoms with Gasteiger partial charge in [0.05, 0.1) is 0 Å². The fourth-order valence-electron chi connectivity index (χ4n) is 1.41. The van der Waals surface area contributed by atoms with Crippen LogP contribution in [0.3, 0.4) is 0 Å². The zero-order chi connectivity index (χ0) is 16.4. The van der Waals surface area contributed by atoms with E-state index < -0.39 is 24.5 Å². The van der Waals surface area contributed by atoms with Crippen molar-refractivity contribution in [2.75, 3.05) is 13.2 Å². The molecular weight excluding hydrogens is 276 g/mol. The Bertz CT molecular complexity index is 352. The number of carbonyl (C=O) groups is 2. The highest BCUT2D eigenvalue weighted by Gasteiger charge is 2.19. The molecule has 21 heavy (non-hydrogen) atoms. The molecule has 0 rings (SSSR count). The minimum Gasteiger partial charge on any atom is -0.433 e. The molecule has 2 unspecified atom stereocenters. The minimum absolute atomic E-state index is 0.0324. The fraction of sp³-hybridized carbons (Fsp3) is 0.600. The van der Waals surface area contributed by atoms with Crippen LogP contribution in [0.1, 0.15) is 34.1 Å². The highest BCUT2D eigenvalue weighted by Crippen LogP contribution is 2.13. The molecule has 0 heterocycles. The van der Waals surface area contributed by atoms with Crippen molar-refractivity contribution in [3.8, 4) is 0 Å². The van der Waals surface area contributed by atoms with Crippen molar-refractivity contribution in [2.24, 2.45) is 0 Å². The van der Waals surface area contributed by atoms with Gasteiger partial charge in [0.2, 0.25) is 0 Å². The first-order valence-electron chi connectivity index (χ1n) is 6.82. The Morgan fingerprint density at radius 1 is 0.857 bits per heavy atom. The lowest BCUT2D eigenvalue weighted by atomic mass is 10.1. The van der Waals surface area contributed by atoms with E-state index in [9.17, 15) is 9.59 Å². The molecule has 0 aliphatic heterocycles. The number of ether oxygens (including phenoxy) is 4. The van der Waals surface area contributed by atoms with Crippen LogP contribution in [0.4, 0.5) is 0 Å². The molecule has 0 aliphatic carbocycles. The number of rotatable bonds is 10. The van der Waals surface area contributed by atoms with E-state index >= 15 is 0 Å². The monoisotopic (exact) mass is 300 g/mol. The van der Waals surface area contributed by atoms with Gasteiger partial charge in [0.25, 0.3) is 0 Å². The van der Waals surface area contributed by atoms with E-state index in [1.54, 1.807) is 27.7 Å². The standard InChI is InChI=1S/C15H24O6/c1-7-18-12(5)20-14(16)10(3)9-11(4)15(17)21-13(6)19-8-2/h12-13H,3-4,7-9H2,1-2,5-6H3. The zero-order valence-electron chi connectivity index (χ0n) is 13.1. The second-order valence-corrected chi connectivity index (χ2v) is 4.24. The zero-order valence-corrected chi connectivity index (χ0v) is 13.1. The van der Waals surface area contributed by atoms with E-state index in [-0.39, 0.29) is 17.6 Å². The summed E-state index contributed by atoms with van der Waals surface area (Å²) in [6, 6.07) is 0. The van der Waals surface area contributed by atoms with Gasteiger partial charge in [0.1, 0.15) is 0 Å². The Hall–Kier alpha value is -1.66. The van der Waals surface area contributed by atoms with Gasteiger partial charge < -0.3 is 18.9 Å². The van der Waals surface area contributed by atoms with Crippen LogP contribution < -0.4 is 0 Å². The Labute approximate surface area is 125 Å². The van der Waals surface area contributed by atoms with Crippen LogP contribution >= 0.6 is 0 Å². The van der Waals surface area contributed by atoms with E-state index in [0.29, 0.717) is 13.2 Å². The average molecular weight is 300 g/mol. The first-order chi connectivity index (χ1) is 9.81. The lowest BCUT2D eigenvalue weighted by Gasteiger charge is -2.15. The van der Waals surface area contributed by atoms with Crippen LogP contribution in [-0.4, -0.2) is 37.7 Å². The van der Waals surface area contributed by atoms with Crippen molar-refractivity contribution >= 4 is 11.9 Å². The van der Waals surface area contributed by atoms with Crippen LogP contribution in [0.25, 0.3) is 0 Å². The molecule has 0 radical (unpaired) electrons. The minimum atomic E-state index is -0.669. The molecular formula is C15H24O6. The molecule has 0 saturated carbocycles. The van der Waals surface area contributed by atoms with Gasteiger partial charge in [-0.25, -0.2) is 9.59 Å². The van der Waals surface area contributed by atoms with E-state index in [2.05, 4.69) is 13.2 Å². The lowest BCUT2D eigenvalue weighted by molar-refractivity contribution is -0.169. The summed E-state index contributed by atoms with van der Waals surface area (Å²) < 4.78 is 20.1. The molecule has 0 bridgehead atoms. The Morgan fingerprint density at radius 3 is 1.48 bits per heavy atom. The second kappa shape index (κ2) is 10.1. The van der Waals surface area contributed by atoms with E-state index in [1.165, 1.54) is 0 Å². The summed E-state index contributed by atoms with van der Waals surface area (Å²) in [5.41, 5.74) is 0.208. The van der Waals surface area contributed by atoms with Crippen LogP contribution in [0.15, 0.2) is 24.3 Å². The molecule has 6 nitrogen and oxygen atoms in total. The van der Waals surface area contributed by atoms with Crippen molar-refractivity contribution in [2.45, 2.75) is 46.7 Å². The summed E-state index contributed by atoms with van der Waals surface area (Å²) in [5.74, 6) is -1.27. The summed E-state index contributed by atoms with van der Waals surface area (Å²) in [6.07, 6.45) is -1.37. The average Bonchev–Trinajstić information content (AvgIpc) is 2.38. The maximum absolute atomic E-state index is 11.7. The SMILES string of the molecule is C=C(CC(=C)C(=O)OC(C)OCC)C(=O)OC(C)OCC. The smallest absolute Gasteiger partial charge is 0.336 e. The second-order valence-electron chi connectivity index (χ2n) is 4.24. The highest BCUT2D eigenvalue weighted by molar-refractivity contribution is 5.93. The number of hydrogen-bond acceptors (Lipinski definition) is 6. The van der Waals surface area contributed by atoms with Gasteiger partial charge in [-0.1, -0.05) is 13.2 Å². The molecule has 0 saturated heterocycles. The number of esters is 2. The molecule has 0 amide bonds. The van der Waals surface area contributed by atoms with Crippen LogP contribution in [0.5, 0.6) is 0 Å². The molecule has 2 atom stereocenters. The fourth-order valence-corrected chi connectivity index (χ4v) is 1.41. The molecule has 120 valence electrons. The maximum Gasteiger partial charge on any atom is 0.336 e. The Morgan fingerprint density at radius 2 is 1.19 bits per heavy atom. The predicted octanol–water partition coefficient (Wildman–Crippen LogP) is 2.34. The normalized spacial score (nSPS) is 13.1. The largest absolute Gasteiger partial charge is 0.433 e. The van der Waals surface area contributed by atoms with E-state index in [4.69, 9.17) is 18.9 Å². The van der Waals surface area contributed by atoms with Gasteiger partial charge in [0.15, 0.2) is 12.6 Å². The van der Waals surface area contributed by atoms with Crippen molar-refractivity contribution in [3.05, 3.63) is 24.3 Å². The summed E-state index contributed by atoms with van der Waals surface area (Å²) in [5, 5.41) is 0. The van der Waals surface area contributed by atoms with Gasteiger partial charge in [-0.05, 0) is 27.7 Å². The van der Waals surface area contributed by atoms with Crippen molar-refractivity contribution < 1.29 is 28.5 Å². The molecule has 6 heteroatoms. The molecule has 0 aliphatic rings. The third-order valence-electron chi connectivity index (χ3n) is 2.35. The first kappa shape index (κ1) is 19.3. The van der Waals surface area contributed by atoms with Gasteiger partial charge >= 0.3 is 11.9 Å². The quantitative estimate of drug-likeness (QED) is 0.350. The summed E-state index contributed by atoms with van der Waals surface area (Å²) in [4.78, 5) is 23.4. The number of carbonyl (C=O) groups excluding carboxylic acids is 2. The maximum atomic E-state index is 11.7. The van der Waals surface area contributed by atoms with Crippen molar-refractivity contribution in [1.82, 2.24) is 0 Å². The van der Waals surface area contributed by atoms with E-state index in [1.807, 2.05) is 0 Å². The summed E-state index contributed by atoms with van der Waals surface area (Å²) in [7, 11) is 0.